The van der Waals surface area contributed by atoms with Gasteiger partial charge in [0.2, 0.25) is 0 Å². The number of ketones is 2. The largest absolute Gasteiger partial charge is 0.311 e. The van der Waals surface area contributed by atoms with Crippen LogP contribution in [0.4, 0.5) is 0 Å². The van der Waals surface area contributed by atoms with Crippen LogP contribution < -0.4 is 10.6 Å². The highest BCUT2D eigenvalue weighted by Gasteiger charge is 2.45. The first-order chi connectivity index (χ1) is 15.4. The molecule has 2 aliphatic heterocycles. The number of piperazine rings is 1. The van der Waals surface area contributed by atoms with Gasteiger partial charge in [-0.25, -0.2) is 0 Å². The van der Waals surface area contributed by atoms with Gasteiger partial charge in [-0.3, -0.25) is 14.5 Å². The average molecular weight is 476 g/mol. The second-order valence-electron chi connectivity index (χ2n) is 10.7. The number of carbonyl (C=O) groups excluding carboxylic acids is 2. The summed E-state index contributed by atoms with van der Waals surface area (Å²) in [5, 5.41) is 7.68. The number of rotatable bonds is 7. The lowest BCUT2D eigenvalue weighted by molar-refractivity contribution is -0.140. The zero-order valence-electron chi connectivity index (χ0n) is 20.5. The summed E-state index contributed by atoms with van der Waals surface area (Å²) in [5.74, 6) is 0.610. The molecule has 0 aromatic heterocycles. The third-order valence-electron chi connectivity index (χ3n) is 8.32. The van der Waals surface area contributed by atoms with Gasteiger partial charge in [0.15, 0.2) is 0 Å². The number of hydrogen-bond acceptors (Lipinski definition) is 5. The molecule has 1 aromatic carbocycles. The van der Waals surface area contributed by atoms with E-state index in [9.17, 15) is 9.59 Å². The Kier molecular flexibility index (Phi) is 9.13. The normalized spacial score (nSPS) is 28.0. The minimum atomic E-state index is -0.425. The Hall–Kier alpha value is -1.27. The highest BCUT2D eigenvalue weighted by molar-refractivity contribution is 5.97. The summed E-state index contributed by atoms with van der Waals surface area (Å²) in [7, 11) is 0. The number of nitrogens with one attached hydrogen (secondary N) is 2. The van der Waals surface area contributed by atoms with Crippen LogP contribution in [-0.2, 0) is 16.1 Å². The number of halogens is 1. The van der Waals surface area contributed by atoms with Gasteiger partial charge >= 0.3 is 0 Å². The van der Waals surface area contributed by atoms with E-state index in [1.807, 2.05) is 0 Å². The standard InChI is InChI=1S/C27H41N3O2.ClH/c1-3-4-11-26(17-24(31)9-10-25(26)32)16-23-18-29-27(20-28-23)12-14-30(15-13-27)19-22-8-6-5-7-21(22)2;/h5-8,23,28-29H,3-4,9-20H2,1-2H3;1H/t23?,26-;/m0./s1. The van der Waals surface area contributed by atoms with Crippen molar-refractivity contribution in [3.05, 3.63) is 35.4 Å². The Morgan fingerprint density at radius 1 is 1.12 bits per heavy atom. The number of nitrogens with zero attached hydrogens (tertiary/aromatic N) is 1. The summed E-state index contributed by atoms with van der Waals surface area (Å²) in [4.78, 5) is 27.8. The maximum absolute atomic E-state index is 12.9. The van der Waals surface area contributed by atoms with Gasteiger partial charge in [-0.2, -0.15) is 0 Å². The SMILES string of the molecule is CCCC[C@]1(CC2CNC3(CCN(Cc4ccccc4C)CC3)CN2)CC(=O)CCC1=O.Cl. The van der Waals surface area contributed by atoms with Gasteiger partial charge in [-0.15, -0.1) is 12.4 Å². The summed E-state index contributed by atoms with van der Waals surface area (Å²) in [6.07, 6.45) is 7.43. The van der Waals surface area contributed by atoms with Gasteiger partial charge in [0.25, 0.3) is 0 Å². The minimum Gasteiger partial charge on any atom is -0.311 e. The van der Waals surface area contributed by atoms with Gasteiger partial charge in [0, 0.05) is 69.0 Å². The zero-order valence-corrected chi connectivity index (χ0v) is 21.3. The van der Waals surface area contributed by atoms with Gasteiger partial charge < -0.3 is 10.6 Å². The molecule has 1 unspecified atom stereocenters. The second-order valence-corrected chi connectivity index (χ2v) is 10.7. The fourth-order valence-corrected chi connectivity index (χ4v) is 6.06. The van der Waals surface area contributed by atoms with Crippen LogP contribution >= 0.6 is 12.4 Å². The molecule has 33 heavy (non-hydrogen) atoms. The monoisotopic (exact) mass is 475 g/mol. The van der Waals surface area contributed by atoms with Crippen molar-refractivity contribution in [2.45, 2.75) is 89.8 Å². The Labute approximate surface area is 205 Å². The second kappa shape index (κ2) is 11.4. The molecule has 2 saturated heterocycles. The summed E-state index contributed by atoms with van der Waals surface area (Å²) in [5.41, 5.74) is 2.55. The Bertz CT molecular complexity index is 811. The molecule has 0 amide bonds. The van der Waals surface area contributed by atoms with Crippen molar-refractivity contribution in [2.75, 3.05) is 26.2 Å². The van der Waals surface area contributed by atoms with E-state index >= 15 is 0 Å². The summed E-state index contributed by atoms with van der Waals surface area (Å²) >= 11 is 0. The van der Waals surface area contributed by atoms with Crippen LogP contribution in [0, 0.1) is 12.3 Å². The number of unbranched alkanes of at least 4 members (excludes halogenated alkanes) is 1. The van der Waals surface area contributed by atoms with E-state index < -0.39 is 5.41 Å². The van der Waals surface area contributed by atoms with Crippen molar-refractivity contribution < 1.29 is 9.59 Å². The molecule has 1 saturated carbocycles. The molecule has 184 valence electrons. The zero-order chi connectivity index (χ0) is 22.6. The highest BCUT2D eigenvalue weighted by Crippen LogP contribution is 2.41. The fraction of sp³-hybridized carbons (Fsp3) is 0.704. The smallest absolute Gasteiger partial charge is 0.139 e. The molecule has 1 aliphatic carbocycles. The topological polar surface area (TPSA) is 61.4 Å². The van der Waals surface area contributed by atoms with Gasteiger partial charge in [0.05, 0.1) is 0 Å². The molecular weight excluding hydrogens is 434 g/mol. The summed E-state index contributed by atoms with van der Waals surface area (Å²) < 4.78 is 0. The number of likely N-dealkylation sites (tertiary alicyclic amines) is 1. The van der Waals surface area contributed by atoms with E-state index in [1.54, 1.807) is 0 Å². The van der Waals surface area contributed by atoms with Crippen LogP contribution in [0.1, 0.15) is 75.8 Å². The number of hydrogen-bond donors (Lipinski definition) is 2. The first-order valence-electron chi connectivity index (χ1n) is 12.7. The summed E-state index contributed by atoms with van der Waals surface area (Å²) in [6.45, 7) is 9.48. The highest BCUT2D eigenvalue weighted by atomic mass is 35.5. The van der Waals surface area contributed by atoms with E-state index in [2.05, 4.69) is 53.6 Å². The number of aryl methyl sites for hydroxylation is 1. The lowest BCUT2D eigenvalue weighted by Gasteiger charge is -2.48. The number of carbonyl (C=O) groups is 2. The lowest BCUT2D eigenvalue weighted by Crippen LogP contribution is -2.66. The van der Waals surface area contributed by atoms with Gasteiger partial charge in [-0.05, 0) is 43.7 Å². The molecule has 1 spiro atoms. The number of Topliss-reactive ketones (excluding diaryl/α,β-unsaturated/α-hetero) is 2. The van der Waals surface area contributed by atoms with Crippen LogP contribution in [0.5, 0.6) is 0 Å². The van der Waals surface area contributed by atoms with Crippen LogP contribution in [0.25, 0.3) is 0 Å². The molecule has 2 atom stereocenters. The minimum absolute atomic E-state index is 0. The van der Waals surface area contributed by atoms with Crippen LogP contribution in [0.2, 0.25) is 0 Å². The van der Waals surface area contributed by atoms with Gasteiger partial charge in [0.1, 0.15) is 11.6 Å². The molecule has 0 radical (unpaired) electrons. The van der Waals surface area contributed by atoms with E-state index in [0.717, 1.165) is 71.2 Å². The molecule has 5 nitrogen and oxygen atoms in total. The van der Waals surface area contributed by atoms with Crippen LogP contribution in [0.3, 0.4) is 0 Å². The quantitative estimate of drug-likeness (QED) is 0.618. The van der Waals surface area contributed by atoms with Gasteiger partial charge in [-0.1, -0.05) is 44.0 Å². The maximum Gasteiger partial charge on any atom is 0.139 e. The molecule has 4 rings (SSSR count). The van der Waals surface area contributed by atoms with Crippen molar-refractivity contribution in [1.82, 2.24) is 15.5 Å². The third-order valence-corrected chi connectivity index (χ3v) is 8.32. The third kappa shape index (κ3) is 6.25. The molecule has 3 aliphatic rings. The number of benzene rings is 1. The molecule has 0 bridgehead atoms. The van der Waals surface area contributed by atoms with Crippen molar-refractivity contribution in [1.29, 1.82) is 0 Å². The molecular formula is C27H42ClN3O2. The molecule has 3 fully saturated rings. The van der Waals surface area contributed by atoms with E-state index in [4.69, 9.17) is 0 Å². The van der Waals surface area contributed by atoms with Crippen molar-refractivity contribution in [3.63, 3.8) is 0 Å². The molecule has 1 aromatic rings. The Balaban J connectivity index is 0.00000306. The summed E-state index contributed by atoms with van der Waals surface area (Å²) in [6, 6.07) is 8.97. The first-order valence-corrected chi connectivity index (χ1v) is 12.7. The van der Waals surface area contributed by atoms with E-state index in [1.165, 1.54) is 11.1 Å². The van der Waals surface area contributed by atoms with Crippen LogP contribution in [-0.4, -0.2) is 54.2 Å². The number of piperidine rings is 1. The fourth-order valence-electron chi connectivity index (χ4n) is 6.06. The van der Waals surface area contributed by atoms with Crippen molar-refractivity contribution in [3.8, 4) is 0 Å². The predicted molar refractivity (Wildman–Crippen MR) is 136 cm³/mol. The van der Waals surface area contributed by atoms with Crippen molar-refractivity contribution >= 4 is 24.0 Å². The first kappa shape index (κ1) is 26.3. The Morgan fingerprint density at radius 3 is 2.55 bits per heavy atom. The van der Waals surface area contributed by atoms with E-state index in [0.29, 0.717) is 25.0 Å². The molecule has 2 heterocycles. The van der Waals surface area contributed by atoms with Crippen LogP contribution in [0.15, 0.2) is 24.3 Å². The maximum atomic E-state index is 12.9. The predicted octanol–water partition coefficient (Wildman–Crippen LogP) is 4.20. The van der Waals surface area contributed by atoms with Crippen molar-refractivity contribution in [2.24, 2.45) is 5.41 Å². The average Bonchev–Trinajstić information content (AvgIpc) is 2.80. The molecule has 6 heteroatoms. The van der Waals surface area contributed by atoms with E-state index in [-0.39, 0.29) is 29.8 Å². The Morgan fingerprint density at radius 2 is 1.88 bits per heavy atom. The molecule has 2 N–H and O–H groups in total. The lowest BCUT2D eigenvalue weighted by atomic mass is 9.65.